The van der Waals surface area contributed by atoms with Crippen molar-refractivity contribution in [2.45, 2.75) is 45.8 Å². The van der Waals surface area contributed by atoms with Crippen molar-refractivity contribution in [3.05, 3.63) is 23.7 Å². The second-order valence-electron chi connectivity index (χ2n) is 6.16. The third-order valence-corrected chi connectivity index (χ3v) is 3.86. The summed E-state index contributed by atoms with van der Waals surface area (Å²) in [5.41, 5.74) is 1.28. The molecule has 114 valence electrons. The van der Waals surface area contributed by atoms with Crippen molar-refractivity contribution in [1.82, 2.24) is 10.2 Å². The number of nitrogens with one attached hydrogen (secondary N) is 1. The van der Waals surface area contributed by atoms with Gasteiger partial charge >= 0.3 is 0 Å². The molecule has 1 N–H and O–H groups in total. The van der Waals surface area contributed by atoms with Crippen molar-refractivity contribution in [2.75, 3.05) is 26.8 Å². The SMILES string of the molecule is CC(C)NCc1ccoc1CN(C)CC1CCOCC1. The van der Waals surface area contributed by atoms with Crippen molar-refractivity contribution in [3.8, 4) is 0 Å². The van der Waals surface area contributed by atoms with E-state index in [1.165, 1.54) is 18.4 Å². The van der Waals surface area contributed by atoms with Crippen LogP contribution in [0.4, 0.5) is 0 Å². The number of ether oxygens (including phenoxy) is 1. The molecule has 0 atom stereocenters. The van der Waals surface area contributed by atoms with Crippen LogP contribution in [0.3, 0.4) is 0 Å². The zero-order valence-electron chi connectivity index (χ0n) is 13.0. The average molecular weight is 280 g/mol. The largest absolute Gasteiger partial charge is 0.468 e. The third kappa shape index (κ3) is 4.93. The first kappa shape index (κ1) is 15.5. The Balaban J connectivity index is 1.81. The normalized spacial score (nSPS) is 17.2. The molecule has 0 radical (unpaired) electrons. The van der Waals surface area contributed by atoms with Crippen LogP contribution in [0.1, 0.15) is 38.0 Å². The molecule has 0 amide bonds. The van der Waals surface area contributed by atoms with Crippen LogP contribution < -0.4 is 5.32 Å². The standard InChI is InChI=1S/C16H28N2O2/c1-13(2)17-10-15-6-9-20-16(15)12-18(3)11-14-4-7-19-8-5-14/h6,9,13-14,17H,4-5,7-8,10-12H2,1-3H3. The molecule has 1 aliphatic heterocycles. The maximum atomic E-state index is 5.65. The van der Waals surface area contributed by atoms with E-state index in [-0.39, 0.29) is 0 Å². The van der Waals surface area contributed by atoms with Gasteiger partial charge in [0.1, 0.15) is 5.76 Å². The highest BCUT2D eigenvalue weighted by Crippen LogP contribution is 2.18. The molecule has 0 saturated carbocycles. The molecule has 0 aliphatic carbocycles. The van der Waals surface area contributed by atoms with Crippen molar-refractivity contribution < 1.29 is 9.15 Å². The molecule has 0 bridgehead atoms. The van der Waals surface area contributed by atoms with Crippen LogP contribution in [0.15, 0.2) is 16.7 Å². The molecule has 0 spiro atoms. The second kappa shape index (κ2) is 7.81. The van der Waals surface area contributed by atoms with E-state index in [2.05, 4.69) is 37.2 Å². The van der Waals surface area contributed by atoms with Crippen molar-refractivity contribution in [1.29, 1.82) is 0 Å². The summed E-state index contributed by atoms with van der Waals surface area (Å²) in [6, 6.07) is 2.57. The summed E-state index contributed by atoms with van der Waals surface area (Å²) in [4.78, 5) is 2.37. The van der Waals surface area contributed by atoms with Crippen molar-refractivity contribution >= 4 is 0 Å². The lowest BCUT2D eigenvalue weighted by Crippen LogP contribution is -2.29. The predicted octanol–water partition coefficient (Wildman–Crippen LogP) is 2.64. The van der Waals surface area contributed by atoms with Crippen LogP contribution in [0.2, 0.25) is 0 Å². The van der Waals surface area contributed by atoms with E-state index in [0.717, 1.165) is 44.5 Å². The third-order valence-electron chi connectivity index (χ3n) is 3.86. The minimum Gasteiger partial charge on any atom is -0.468 e. The number of furan rings is 1. The molecule has 4 heteroatoms. The molecule has 4 nitrogen and oxygen atoms in total. The Kier molecular flexibility index (Phi) is 6.07. The lowest BCUT2D eigenvalue weighted by atomic mass is 10.00. The molecule has 1 aromatic rings. The molecule has 2 heterocycles. The molecule has 1 aromatic heterocycles. The Hall–Kier alpha value is -0.840. The Morgan fingerprint density at radius 2 is 2.10 bits per heavy atom. The Bertz CT molecular complexity index is 384. The van der Waals surface area contributed by atoms with Gasteiger partial charge in [0.25, 0.3) is 0 Å². The maximum Gasteiger partial charge on any atom is 0.122 e. The van der Waals surface area contributed by atoms with Gasteiger partial charge in [-0.05, 0) is 31.9 Å². The number of hydrogen-bond donors (Lipinski definition) is 1. The van der Waals surface area contributed by atoms with Gasteiger partial charge in [-0.3, -0.25) is 4.90 Å². The summed E-state index contributed by atoms with van der Waals surface area (Å²) in [6.07, 6.45) is 4.17. The molecule has 0 unspecified atom stereocenters. The number of hydrogen-bond acceptors (Lipinski definition) is 4. The molecule has 1 fully saturated rings. The minimum absolute atomic E-state index is 0.498. The monoisotopic (exact) mass is 280 g/mol. The Morgan fingerprint density at radius 3 is 2.80 bits per heavy atom. The molecular weight excluding hydrogens is 252 g/mol. The van der Waals surface area contributed by atoms with Crippen LogP contribution in [0.25, 0.3) is 0 Å². The van der Waals surface area contributed by atoms with E-state index >= 15 is 0 Å². The molecule has 1 aliphatic rings. The van der Waals surface area contributed by atoms with Gasteiger partial charge in [-0.25, -0.2) is 0 Å². The number of nitrogens with zero attached hydrogens (tertiary/aromatic N) is 1. The van der Waals surface area contributed by atoms with Crippen LogP contribution in [0.5, 0.6) is 0 Å². The maximum absolute atomic E-state index is 5.65. The smallest absolute Gasteiger partial charge is 0.122 e. The van der Waals surface area contributed by atoms with Gasteiger partial charge in [-0.15, -0.1) is 0 Å². The Labute approximate surface area is 122 Å². The van der Waals surface area contributed by atoms with Gasteiger partial charge in [0.2, 0.25) is 0 Å². The molecular formula is C16H28N2O2. The first-order valence-corrected chi connectivity index (χ1v) is 7.70. The van der Waals surface area contributed by atoms with Crippen molar-refractivity contribution in [3.63, 3.8) is 0 Å². The molecule has 0 aromatic carbocycles. The van der Waals surface area contributed by atoms with E-state index in [1.807, 2.05) is 0 Å². The summed E-state index contributed by atoms with van der Waals surface area (Å²) >= 11 is 0. The second-order valence-corrected chi connectivity index (χ2v) is 6.16. The first-order valence-electron chi connectivity index (χ1n) is 7.70. The summed E-state index contributed by atoms with van der Waals surface area (Å²) in [7, 11) is 2.18. The van der Waals surface area contributed by atoms with E-state index in [4.69, 9.17) is 9.15 Å². The van der Waals surface area contributed by atoms with E-state index in [9.17, 15) is 0 Å². The van der Waals surface area contributed by atoms with Crippen LogP contribution in [0, 0.1) is 5.92 Å². The van der Waals surface area contributed by atoms with Gasteiger partial charge in [-0.2, -0.15) is 0 Å². The zero-order valence-corrected chi connectivity index (χ0v) is 13.0. The van der Waals surface area contributed by atoms with Crippen LogP contribution >= 0.6 is 0 Å². The van der Waals surface area contributed by atoms with Gasteiger partial charge in [-0.1, -0.05) is 13.8 Å². The fraction of sp³-hybridized carbons (Fsp3) is 0.750. The van der Waals surface area contributed by atoms with Gasteiger partial charge < -0.3 is 14.5 Å². The highest BCUT2D eigenvalue weighted by atomic mass is 16.5. The molecule has 1 saturated heterocycles. The predicted molar refractivity (Wildman–Crippen MR) is 80.6 cm³/mol. The van der Waals surface area contributed by atoms with Gasteiger partial charge in [0.05, 0.1) is 12.8 Å². The Morgan fingerprint density at radius 1 is 1.35 bits per heavy atom. The molecule has 2 rings (SSSR count). The fourth-order valence-electron chi connectivity index (χ4n) is 2.66. The number of rotatable bonds is 7. The lowest BCUT2D eigenvalue weighted by Gasteiger charge is -2.26. The first-order chi connectivity index (χ1) is 9.65. The highest BCUT2D eigenvalue weighted by molar-refractivity contribution is 5.16. The van der Waals surface area contributed by atoms with E-state index < -0.39 is 0 Å². The minimum atomic E-state index is 0.498. The van der Waals surface area contributed by atoms with Crippen LogP contribution in [-0.4, -0.2) is 37.7 Å². The van der Waals surface area contributed by atoms with E-state index in [0.29, 0.717) is 6.04 Å². The highest BCUT2D eigenvalue weighted by Gasteiger charge is 2.17. The lowest BCUT2D eigenvalue weighted by molar-refractivity contribution is 0.0542. The van der Waals surface area contributed by atoms with E-state index in [1.54, 1.807) is 6.26 Å². The van der Waals surface area contributed by atoms with Crippen molar-refractivity contribution in [2.24, 2.45) is 5.92 Å². The summed E-state index contributed by atoms with van der Waals surface area (Å²) < 4.78 is 11.1. The quantitative estimate of drug-likeness (QED) is 0.833. The fourth-order valence-corrected chi connectivity index (χ4v) is 2.66. The van der Waals surface area contributed by atoms with Gasteiger partial charge in [0.15, 0.2) is 0 Å². The van der Waals surface area contributed by atoms with Crippen LogP contribution in [-0.2, 0) is 17.8 Å². The average Bonchev–Trinajstić information content (AvgIpc) is 2.84. The van der Waals surface area contributed by atoms with Gasteiger partial charge in [0, 0.05) is 37.9 Å². The summed E-state index contributed by atoms with van der Waals surface area (Å²) in [5.74, 6) is 1.86. The molecule has 20 heavy (non-hydrogen) atoms. The summed E-state index contributed by atoms with van der Waals surface area (Å²) in [6.45, 7) is 9.06. The zero-order chi connectivity index (χ0) is 14.4. The topological polar surface area (TPSA) is 37.6 Å². The summed E-state index contributed by atoms with van der Waals surface area (Å²) in [5, 5.41) is 3.45.